The van der Waals surface area contributed by atoms with Crippen LogP contribution in [0.4, 0.5) is 5.69 Å². The summed E-state index contributed by atoms with van der Waals surface area (Å²) in [7, 11) is 0. The Labute approximate surface area is 115 Å². The van der Waals surface area contributed by atoms with Crippen LogP contribution in [0.5, 0.6) is 0 Å². The Balaban J connectivity index is 1.75. The van der Waals surface area contributed by atoms with Crippen molar-refractivity contribution in [3.8, 4) is 11.4 Å². The summed E-state index contributed by atoms with van der Waals surface area (Å²) in [5.74, 6) is 0.532. The van der Waals surface area contributed by atoms with Gasteiger partial charge in [-0.1, -0.05) is 30.3 Å². The van der Waals surface area contributed by atoms with Crippen LogP contribution in [0.25, 0.3) is 11.4 Å². The van der Waals surface area contributed by atoms with Gasteiger partial charge in [0.1, 0.15) is 0 Å². The van der Waals surface area contributed by atoms with Gasteiger partial charge in [-0.05, 0) is 12.1 Å². The monoisotopic (exact) mass is 265 g/mol. The molecule has 0 saturated heterocycles. The highest BCUT2D eigenvalue weighted by Gasteiger charge is 2.09. The number of benzene rings is 1. The first-order valence-corrected chi connectivity index (χ1v) is 6.05. The first-order valence-electron chi connectivity index (χ1n) is 6.05. The maximum Gasteiger partial charge on any atom is 0.291 e. The molecular formula is C15H11N3O2. The van der Waals surface area contributed by atoms with Crippen LogP contribution in [-0.2, 0) is 0 Å². The van der Waals surface area contributed by atoms with Crippen molar-refractivity contribution in [1.29, 1.82) is 0 Å². The first-order chi connectivity index (χ1) is 9.83. The highest BCUT2D eigenvalue weighted by atomic mass is 16.3. The van der Waals surface area contributed by atoms with E-state index < -0.39 is 0 Å². The lowest BCUT2D eigenvalue weighted by Gasteiger charge is -2.03. The van der Waals surface area contributed by atoms with Gasteiger partial charge in [-0.15, -0.1) is 0 Å². The maximum atomic E-state index is 11.8. The standard InChI is InChI=1S/C15H11N3O2/c19-15(13-7-4-8-20-13)18-12-9-16-14(17-10-12)11-5-2-1-3-6-11/h1-10H,(H,18,19). The van der Waals surface area contributed by atoms with Gasteiger partial charge >= 0.3 is 0 Å². The Hall–Kier alpha value is -2.95. The van der Waals surface area contributed by atoms with Crippen molar-refractivity contribution in [3.63, 3.8) is 0 Å². The molecule has 1 aromatic carbocycles. The molecule has 0 bridgehead atoms. The van der Waals surface area contributed by atoms with Crippen molar-refractivity contribution < 1.29 is 9.21 Å². The molecule has 0 aliphatic rings. The van der Waals surface area contributed by atoms with Gasteiger partial charge in [0.05, 0.1) is 24.3 Å². The lowest BCUT2D eigenvalue weighted by molar-refractivity contribution is 0.0996. The van der Waals surface area contributed by atoms with Crippen LogP contribution >= 0.6 is 0 Å². The smallest absolute Gasteiger partial charge is 0.291 e. The van der Waals surface area contributed by atoms with Crippen LogP contribution in [0, 0.1) is 0 Å². The fraction of sp³-hybridized carbons (Fsp3) is 0. The van der Waals surface area contributed by atoms with Crippen LogP contribution in [0.3, 0.4) is 0 Å². The van der Waals surface area contributed by atoms with Gasteiger partial charge in [0.2, 0.25) is 0 Å². The number of furan rings is 1. The third-order valence-corrected chi connectivity index (χ3v) is 2.69. The molecule has 0 radical (unpaired) electrons. The molecule has 0 atom stereocenters. The summed E-state index contributed by atoms with van der Waals surface area (Å²) in [5, 5.41) is 2.67. The topological polar surface area (TPSA) is 68.0 Å². The minimum absolute atomic E-state index is 0.247. The predicted octanol–water partition coefficient (Wildman–Crippen LogP) is 2.99. The van der Waals surface area contributed by atoms with Gasteiger partial charge in [0.15, 0.2) is 11.6 Å². The van der Waals surface area contributed by atoms with Gasteiger partial charge in [-0.3, -0.25) is 4.79 Å². The zero-order chi connectivity index (χ0) is 13.8. The zero-order valence-electron chi connectivity index (χ0n) is 10.5. The van der Waals surface area contributed by atoms with E-state index in [2.05, 4.69) is 15.3 Å². The third-order valence-electron chi connectivity index (χ3n) is 2.69. The second kappa shape index (κ2) is 5.36. The fourth-order valence-corrected chi connectivity index (χ4v) is 1.73. The Morgan fingerprint density at radius 3 is 2.40 bits per heavy atom. The minimum Gasteiger partial charge on any atom is -0.459 e. The number of hydrogen-bond donors (Lipinski definition) is 1. The van der Waals surface area contributed by atoms with Crippen LogP contribution in [0.2, 0.25) is 0 Å². The van der Waals surface area contributed by atoms with Crippen molar-refractivity contribution in [1.82, 2.24) is 9.97 Å². The van der Waals surface area contributed by atoms with Crippen molar-refractivity contribution in [2.24, 2.45) is 0 Å². The molecule has 2 aromatic heterocycles. The van der Waals surface area contributed by atoms with E-state index in [0.717, 1.165) is 5.56 Å². The lowest BCUT2D eigenvalue weighted by Crippen LogP contribution is -2.11. The summed E-state index contributed by atoms with van der Waals surface area (Å²) >= 11 is 0. The van der Waals surface area contributed by atoms with E-state index in [9.17, 15) is 4.79 Å². The van der Waals surface area contributed by atoms with E-state index in [-0.39, 0.29) is 11.7 Å². The second-order valence-corrected chi connectivity index (χ2v) is 4.09. The average Bonchev–Trinajstić information content (AvgIpc) is 3.03. The summed E-state index contributed by atoms with van der Waals surface area (Å²) in [6, 6.07) is 12.9. The molecule has 0 spiro atoms. The number of carbonyl (C=O) groups excluding carboxylic acids is 1. The molecule has 3 aromatic rings. The second-order valence-electron chi connectivity index (χ2n) is 4.09. The van der Waals surface area contributed by atoms with Crippen LogP contribution in [0.1, 0.15) is 10.6 Å². The summed E-state index contributed by atoms with van der Waals surface area (Å²) in [6.07, 6.45) is 4.58. The number of nitrogens with one attached hydrogen (secondary N) is 1. The Kier molecular flexibility index (Phi) is 3.24. The fourth-order valence-electron chi connectivity index (χ4n) is 1.73. The number of amides is 1. The maximum absolute atomic E-state index is 11.8. The average molecular weight is 265 g/mol. The largest absolute Gasteiger partial charge is 0.459 e. The van der Waals surface area contributed by atoms with E-state index in [1.807, 2.05) is 30.3 Å². The SMILES string of the molecule is O=C(Nc1cnc(-c2ccccc2)nc1)c1ccco1. The molecule has 0 saturated carbocycles. The summed E-state index contributed by atoms with van der Waals surface area (Å²) < 4.78 is 5.01. The molecule has 1 amide bonds. The van der Waals surface area contributed by atoms with Gasteiger partial charge in [0, 0.05) is 5.56 Å². The molecule has 5 nitrogen and oxygen atoms in total. The van der Waals surface area contributed by atoms with Gasteiger partial charge in [-0.25, -0.2) is 9.97 Å². The lowest BCUT2D eigenvalue weighted by atomic mass is 10.2. The van der Waals surface area contributed by atoms with Crippen molar-refractivity contribution >= 4 is 11.6 Å². The first kappa shape index (κ1) is 12.1. The van der Waals surface area contributed by atoms with Crippen molar-refractivity contribution in [3.05, 3.63) is 66.9 Å². The van der Waals surface area contributed by atoms with Crippen LogP contribution in [0.15, 0.2) is 65.5 Å². The summed E-state index contributed by atoms with van der Waals surface area (Å²) in [4.78, 5) is 20.2. The van der Waals surface area contributed by atoms with Gasteiger partial charge in [-0.2, -0.15) is 0 Å². The summed E-state index contributed by atoms with van der Waals surface area (Å²) in [6.45, 7) is 0. The van der Waals surface area contributed by atoms with E-state index in [1.54, 1.807) is 24.5 Å². The van der Waals surface area contributed by atoms with Crippen molar-refractivity contribution in [2.45, 2.75) is 0 Å². The van der Waals surface area contributed by atoms with E-state index in [4.69, 9.17) is 4.42 Å². The Bertz CT molecular complexity index is 692. The molecule has 2 heterocycles. The van der Waals surface area contributed by atoms with E-state index in [0.29, 0.717) is 11.5 Å². The molecule has 20 heavy (non-hydrogen) atoms. The predicted molar refractivity (Wildman–Crippen MR) is 74.1 cm³/mol. The molecule has 0 aliphatic carbocycles. The van der Waals surface area contributed by atoms with E-state index in [1.165, 1.54) is 6.26 Å². The molecule has 98 valence electrons. The van der Waals surface area contributed by atoms with Gasteiger partial charge < -0.3 is 9.73 Å². The molecule has 0 unspecified atom stereocenters. The van der Waals surface area contributed by atoms with Crippen molar-refractivity contribution in [2.75, 3.05) is 5.32 Å². The summed E-state index contributed by atoms with van der Waals surface area (Å²) in [5.41, 5.74) is 1.45. The van der Waals surface area contributed by atoms with Gasteiger partial charge in [0.25, 0.3) is 5.91 Å². The normalized spacial score (nSPS) is 10.2. The number of aromatic nitrogens is 2. The molecule has 1 N–H and O–H groups in total. The Morgan fingerprint density at radius 2 is 1.75 bits per heavy atom. The number of anilines is 1. The minimum atomic E-state index is -0.328. The molecule has 3 rings (SSSR count). The quantitative estimate of drug-likeness (QED) is 0.790. The number of nitrogens with zero attached hydrogens (tertiary/aromatic N) is 2. The highest BCUT2D eigenvalue weighted by Crippen LogP contribution is 2.15. The van der Waals surface area contributed by atoms with Crippen LogP contribution < -0.4 is 5.32 Å². The van der Waals surface area contributed by atoms with Crippen LogP contribution in [-0.4, -0.2) is 15.9 Å². The highest BCUT2D eigenvalue weighted by molar-refractivity contribution is 6.02. The third kappa shape index (κ3) is 2.56. The molecule has 0 aliphatic heterocycles. The Morgan fingerprint density at radius 1 is 1.00 bits per heavy atom. The molecule has 0 fully saturated rings. The zero-order valence-corrected chi connectivity index (χ0v) is 10.5. The molecular weight excluding hydrogens is 254 g/mol. The number of carbonyl (C=O) groups is 1. The molecule has 5 heteroatoms. The number of hydrogen-bond acceptors (Lipinski definition) is 4. The van der Waals surface area contributed by atoms with E-state index >= 15 is 0 Å². The number of rotatable bonds is 3.